The zero-order chi connectivity index (χ0) is 11.2. The molecule has 0 fully saturated rings. The quantitative estimate of drug-likeness (QED) is 0.545. The first-order valence-electron chi connectivity index (χ1n) is 4.17. The molecule has 0 aliphatic carbocycles. The van der Waals surface area contributed by atoms with Crippen molar-refractivity contribution in [2.75, 3.05) is 13.2 Å². The standard InChI is InChI=1S/C7H13Cl2O4P/c1-3-12-7(10)6(2)4-5-13-14(8,9)11/h6H,3-5H2,1-2H3/t6-/m0/s1. The van der Waals surface area contributed by atoms with Gasteiger partial charge in [0.2, 0.25) is 0 Å². The first-order valence-corrected chi connectivity index (χ1v) is 7.60. The molecule has 7 heteroatoms. The largest absolute Gasteiger partial charge is 0.466 e. The average molecular weight is 263 g/mol. The Balaban J connectivity index is 3.69. The first-order chi connectivity index (χ1) is 6.37. The molecule has 0 amide bonds. The van der Waals surface area contributed by atoms with Gasteiger partial charge in [-0.05, 0) is 35.8 Å². The second kappa shape index (κ2) is 6.67. The van der Waals surface area contributed by atoms with Crippen LogP contribution in [-0.4, -0.2) is 19.2 Å². The molecule has 0 radical (unpaired) electrons. The van der Waals surface area contributed by atoms with Gasteiger partial charge in [-0.1, -0.05) is 6.92 Å². The number of halogens is 2. The molecular weight excluding hydrogens is 250 g/mol. The Labute approximate surface area is 92.9 Å². The molecular formula is C7H13Cl2O4P. The first kappa shape index (κ1) is 14.2. The molecule has 0 aliphatic rings. The lowest BCUT2D eigenvalue weighted by Crippen LogP contribution is -2.16. The van der Waals surface area contributed by atoms with Crippen molar-refractivity contribution < 1.29 is 18.6 Å². The van der Waals surface area contributed by atoms with Crippen molar-refractivity contribution in [2.45, 2.75) is 20.3 Å². The van der Waals surface area contributed by atoms with Crippen molar-refractivity contribution in [3.8, 4) is 0 Å². The van der Waals surface area contributed by atoms with E-state index < -0.39 is 6.07 Å². The van der Waals surface area contributed by atoms with Gasteiger partial charge in [0.05, 0.1) is 19.1 Å². The highest BCUT2D eigenvalue weighted by Gasteiger charge is 2.18. The van der Waals surface area contributed by atoms with Crippen LogP contribution in [0.25, 0.3) is 0 Å². The lowest BCUT2D eigenvalue weighted by molar-refractivity contribution is -0.147. The fourth-order valence-electron chi connectivity index (χ4n) is 0.738. The van der Waals surface area contributed by atoms with Gasteiger partial charge in [-0.25, -0.2) is 0 Å². The molecule has 0 saturated heterocycles. The van der Waals surface area contributed by atoms with Crippen LogP contribution in [0.2, 0.25) is 0 Å². The van der Waals surface area contributed by atoms with Crippen LogP contribution < -0.4 is 0 Å². The molecule has 0 saturated carbocycles. The van der Waals surface area contributed by atoms with Crippen molar-refractivity contribution in [1.29, 1.82) is 0 Å². The minimum absolute atomic E-state index is 0.0737. The molecule has 0 N–H and O–H groups in total. The summed E-state index contributed by atoms with van der Waals surface area (Å²) in [6.45, 7) is 3.83. The summed E-state index contributed by atoms with van der Waals surface area (Å²) in [6.07, 6.45) is -3.10. The van der Waals surface area contributed by atoms with Gasteiger partial charge in [0.25, 0.3) is 0 Å². The third-order valence-corrected chi connectivity index (χ3v) is 2.55. The second-order valence-corrected chi connectivity index (χ2v) is 6.97. The second-order valence-electron chi connectivity index (χ2n) is 2.69. The van der Waals surface area contributed by atoms with Gasteiger partial charge in [0, 0.05) is 0 Å². The molecule has 0 spiro atoms. The Morgan fingerprint density at radius 1 is 1.50 bits per heavy atom. The zero-order valence-corrected chi connectivity index (χ0v) is 10.4. The number of hydrogen-bond acceptors (Lipinski definition) is 4. The third-order valence-electron chi connectivity index (χ3n) is 1.48. The zero-order valence-electron chi connectivity index (χ0n) is 8.03. The van der Waals surface area contributed by atoms with Gasteiger partial charge >= 0.3 is 12.0 Å². The number of ether oxygens (including phenoxy) is 1. The lowest BCUT2D eigenvalue weighted by atomic mass is 10.1. The molecule has 0 aromatic carbocycles. The monoisotopic (exact) mass is 262 g/mol. The Bertz CT molecular complexity index is 228. The van der Waals surface area contributed by atoms with E-state index >= 15 is 0 Å². The minimum atomic E-state index is -3.48. The predicted molar refractivity (Wildman–Crippen MR) is 55.7 cm³/mol. The fraction of sp³-hybridized carbons (Fsp3) is 0.857. The number of esters is 1. The molecule has 14 heavy (non-hydrogen) atoms. The molecule has 0 aromatic rings. The molecule has 0 bridgehead atoms. The van der Waals surface area contributed by atoms with Crippen LogP contribution in [0.3, 0.4) is 0 Å². The normalized spacial score (nSPS) is 13.7. The lowest BCUT2D eigenvalue weighted by Gasteiger charge is -2.10. The topological polar surface area (TPSA) is 52.6 Å². The van der Waals surface area contributed by atoms with Crippen LogP contribution in [0.1, 0.15) is 20.3 Å². The molecule has 4 nitrogen and oxygen atoms in total. The highest BCUT2D eigenvalue weighted by molar-refractivity contribution is 8.05. The molecule has 84 valence electrons. The van der Waals surface area contributed by atoms with Gasteiger partial charge in [-0.2, -0.15) is 0 Å². The summed E-state index contributed by atoms with van der Waals surface area (Å²) in [5.74, 6) is -0.620. The molecule has 0 rings (SSSR count). The van der Waals surface area contributed by atoms with Crippen LogP contribution >= 0.6 is 28.6 Å². The number of rotatable bonds is 6. The molecule has 0 aliphatic heterocycles. The highest BCUT2D eigenvalue weighted by Crippen LogP contribution is 2.57. The number of hydrogen-bond donors (Lipinski definition) is 0. The molecule has 1 atom stereocenters. The van der Waals surface area contributed by atoms with Gasteiger partial charge in [-0.15, -0.1) is 0 Å². The third kappa shape index (κ3) is 7.63. The predicted octanol–water partition coefficient (Wildman–Crippen LogP) is 3.18. The van der Waals surface area contributed by atoms with E-state index in [-0.39, 0.29) is 18.5 Å². The van der Waals surface area contributed by atoms with Crippen molar-refractivity contribution in [1.82, 2.24) is 0 Å². The fourth-order valence-corrected chi connectivity index (χ4v) is 1.47. The number of carbonyl (C=O) groups is 1. The summed E-state index contributed by atoms with van der Waals surface area (Å²) in [7, 11) is 0. The number of carbonyl (C=O) groups excluding carboxylic acids is 1. The Kier molecular flexibility index (Phi) is 6.79. The van der Waals surface area contributed by atoms with Crippen molar-refractivity contribution in [2.24, 2.45) is 5.92 Å². The summed E-state index contributed by atoms with van der Waals surface area (Å²) in [5.41, 5.74) is 0. The summed E-state index contributed by atoms with van der Waals surface area (Å²) >= 11 is 10.3. The Morgan fingerprint density at radius 3 is 2.50 bits per heavy atom. The summed E-state index contributed by atoms with van der Waals surface area (Å²) in [4.78, 5) is 11.1. The molecule has 0 aromatic heterocycles. The Hall–Kier alpha value is 0.240. The summed E-state index contributed by atoms with van der Waals surface area (Å²) in [5, 5.41) is 0. The maximum atomic E-state index is 11.1. The molecule has 0 heterocycles. The SMILES string of the molecule is CCOC(=O)[C@@H](C)CCOP(=O)(Cl)Cl. The van der Waals surface area contributed by atoms with E-state index in [0.29, 0.717) is 13.0 Å². The van der Waals surface area contributed by atoms with Crippen molar-refractivity contribution in [3.63, 3.8) is 0 Å². The van der Waals surface area contributed by atoms with Crippen molar-refractivity contribution >= 4 is 34.5 Å². The Morgan fingerprint density at radius 2 is 2.07 bits per heavy atom. The van der Waals surface area contributed by atoms with E-state index in [1.165, 1.54) is 0 Å². The van der Waals surface area contributed by atoms with Crippen LogP contribution in [0.4, 0.5) is 0 Å². The van der Waals surface area contributed by atoms with E-state index in [1.807, 2.05) is 0 Å². The van der Waals surface area contributed by atoms with Gasteiger partial charge < -0.3 is 9.26 Å². The minimum Gasteiger partial charge on any atom is -0.466 e. The molecule has 0 unspecified atom stereocenters. The van der Waals surface area contributed by atoms with E-state index in [2.05, 4.69) is 4.52 Å². The van der Waals surface area contributed by atoms with Crippen LogP contribution in [-0.2, 0) is 18.6 Å². The maximum Gasteiger partial charge on any atom is 0.380 e. The smallest absolute Gasteiger partial charge is 0.380 e. The van der Waals surface area contributed by atoms with E-state index in [0.717, 1.165) is 0 Å². The van der Waals surface area contributed by atoms with E-state index in [9.17, 15) is 9.36 Å². The van der Waals surface area contributed by atoms with E-state index in [1.54, 1.807) is 13.8 Å². The maximum absolute atomic E-state index is 11.1. The highest BCUT2D eigenvalue weighted by atomic mass is 35.9. The summed E-state index contributed by atoms with van der Waals surface area (Å²) < 4.78 is 20.0. The van der Waals surface area contributed by atoms with Crippen LogP contribution in [0, 0.1) is 5.92 Å². The van der Waals surface area contributed by atoms with Crippen LogP contribution in [0.15, 0.2) is 0 Å². The van der Waals surface area contributed by atoms with Crippen LogP contribution in [0.5, 0.6) is 0 Å². The van der Waals surface area contributed by atoms with Gasteiger partial charge in [0.15, 0.2) is 0 Å². The van der Waals surface area contributed by atoms with Gasteiger partial charge in [0.1, 0.15) is 0 Å². The van der Waals surface area contributed by atoms with E-state index in [4.69, 9.17) is 27.2 Å². The average Bonchev–Trinajstić information content (AvgIpc) is 2.02. The summed E-state index contributed by atoms with van der Waals surface area (Å²) in [6, 6.07) is 0. The van der Waals surface area contributed by atoms with Gasteiger partial charge in [-0.3, -0.25) is 9.36 Å². The van der Waals surface area contributed by atoms with Crippen molar-refractivity contribution in [3.05, 3.63) is 0 Å².